The average Bonchev–Trinajstić information content (AvgIpc) is 3.40. The van der Waals surface area contributed by atoms with Crippen molar-refractivity contribution < 1.29 is 19.4 Å². The van der Waals surface area contributed by atoms with E-state index in [1.807, 2.05) is 49.4 Å². The van der Waals surface area contributed by atoms with E-state index in [9.17, 15) is 14.7 Å². The number of carbonyl (C=O) groups is 2. The van der Waals surface area contributed by atoms with Crippen LogP contribution >= 0.6 is 11.6 Å². The van der Waals surface area contributed by atoms with Gasteiger partial charge in [-0.2, -0.15) is 0 Å². The zero-order valence-corrected chi connectivity index (χ0v) is 22.6. The van der Waals surface area contributed by atoms with Gasteiger partial charge in [-0.05, 0) is 59.4 Å². The van der Waals surface area contributed by atoms with Crippen molar-refractivity contribution in [2.75, 3.05) is 12.0 Å². The van der Waals surface area contributed by atoms with Crippen LogP contribution in [0.15, 0.2) is 66.2 Å². The summed E-state index contributed by atoms with van der Waals surface area (Å²) < 4.78 is 5.42. The van der Waals surface area contributed by atoms with Crippen LogP contribution in [0.4, 0.5) is 5.95 Å². The van der Waals surface area contributed by atoms with Gasteiger partial charge in [-0.3, -0.25) is 14.5 Å². The largest absolute Gasteiger partial charge is 0.507 e. The number of aryl methyl sites for hydroxylation is 1. The van der Waals surface area contributed by atoms with Crippen molar-refractivity contribution in [1.29, 1.82) is 0 Å². The standard InChI is InChI=1S/C30H28ClN3O4/c1-16-6-12-21-22(14-16)33-29(32-21)34-25(17-7-9-18(10-8-17)30(2,3)4)24(27(36)28(34)37)26(35)20-15-19(31)11-13-23(20)38-5/h6-15,25,35H,1-5H3,(H,32,33)/b26-24+. The van der Waals surface area contributed by atoms with E-state index in [2.05, 4.69) is 30.7 Å². The minimum absolute atomic E-state index is 0.0734. The van der Waals surface area contributed by atoms with E-state index in [-0.39, 0.29) is 28.3 Å². The number of benzene rings is 3. The molecule has 0 aliphatic carbocycles. The number of amides is 1. The zero-order valence-electron chi connectivity index (χ0n) is 21.8. The van der Waals surface area contributed by atoms with Gasteiger partial charge in [0.2, 0.25) is 5.95 Å². The number of ketones is 1. The second kappa shape index (κ2) is 9.33. The number of methoxy groups -OCH3 is 1. The number of rotatable bonds is 4. The molecule has 1 saturated heterocycles. The maximum absolute atomic E-state index is 13.5. The maximum atomic E-state index is 13.5. The Morgan fingerprint density at radius 2 is 1.76 bits per heavy atom. The van der Waals surface area contributed by atoms with Crippen molar-refractivity contribution >= 4 is 46.0 Å². The Bertz CT molecular complexity index is 1610. The highest BCUT2D eigenvalue weighted by Gasteiger charge is 2.48. The van der Waals surface area contributed by atoms with Crippen LogP contribution in [-0.2, 0) is 15.0 Å². The fourth-order valence-corrected chi connectivity index (χ4v) is 4.94. The summed E-state index contributed by atoms with van der Waals surface area (Å²) in [5, 5.41) is 11.9. The number of aromatic nitrogens is 2. The molecule has 194 valence electrons. The van der Waals surface area contributed by atoms with E-state index in [0.29, 0.717) is 21.9 Å². The molecular formula is C30H28ClN3O4. The Hall–Kier alpha value is -4.10. The molecule has 7 nitrogen and oxygen atoms in total. The van der Waals surface area contributed by atoms with Gasteiger partial charge in [-0.25, -0.2) is 4.98 Å². The highest BCUT2D eigenvalue weighted by molar-refractivity contribution is 6.51. The molecule has 4 aromatic rings. The quantitative estimate of drug-likeness (QED) is 0.180. The van der Waals surface area contributed by atoms with Crippen molar-refractivity contribution in [2.45, 2.75) is 39.2 Å². The van der Waals surface area contributed by atoms with Crippen molar-refractivity contribution in [2.24, 2.45) is 0 Å². The number of nitrogens with one attached hydrogen (secondary N) is 1. The molecular weight excluding hydrogens is 502 g/mol. The van der Waals surface area contributed by atoms with Gasteiger partial charge >= 0.3 is 5.91 Å². The number of aliphatic hydroxyl groups excluding tert-OH is 1. The summed E-state index contributed by atoms with van der Waals surface area (Å²) >= 11 is 6.22. The summed E-state index contributed by atoms with van der Waals surface area (Å²) in [6.07, 6.45) is 0. The summed E-state index contributed by atoms with van der Waals surface area (Å²) in [5.41, 5.74) is 4.21. The van der Waals surface area contributed by atoms with Crippen LogP contribution in [0.1, 0.15) is 49.1 Å². The molecule has 1 atom stereocenters. The van der Waals surface area contributed by atoms with Crippen LogP contribution in [0.2, 0.25) is 5.02 Å². The molecule has 38 heavy (non-hydrogen) atoms. The number of hydrogen-bond acceptors (Lipinski definition) is 5. The number of aromatic amines is 1. The lowest BCUT2D eigenvalue weighted by molar-refractivity contribution is -0.132. The number of ether oxygens (including phenoxy) is 1. The lowest BCUT2D eigenvalue weighted by Crippen LogP contribution is -2.30. The number of nitrogens with zero attached hydrogens (tertiary/aromatic N) is 2. The molecule has 2 heterocycles. The molecule has 8 heteroatoms. The Morgan fingerprint density at radius 1 is 1.05 bits per heavy atom. The molecule has 1 aromatic heterocycles. The first-order valence-electron chi connectivity index (χ1n) is 12.2. The van der Waals surface area contributed by atoms with Gasteiger partial charge in [0.05, 0.1) is 35.3 Å². The van der Waals surface area contributed by atoms with Gasteiger partial charge in [0.1, 0.15) is 11.5 Å². The highest BCUT2D eigenvalue weighted by Crippen LogP contribution is 2.43. The van der Waals surface area contributed by atoms with E-state index in [0.717, 1.165) is 16.6 Å². The fraction of sp³-hybridized carbons (Fsp3) is 0.233. The minimum Gasteiger partial charge on any atom is -0.507 e. The number of Topliss-reactive ketones (excluding diaryl/α,β-unsaturated/α-hetero) is 1. The number of hydrogen-bond donors (Lipinski definition) is 2. The average molecular weight is 530 g/mol. The number of aliphatic hydroxyl groups is 1. The van der Waals surface area contributed by atoms with Gasteiger partial charge in [0.25, 0.3) is 5.78 Å². The molecule has 1 amide bonds. The van der Waals surface area contributed by atoms with Crippen molar-refractivity contribution in [1.82, 2.24) is 9.97 Å². The van der Waals surface area contributed by atoms with Crippen LogP contribution in [0.5, 0.6) is 5.75 Å². The summed E-state index contributed by atoms with van der Waals surface area (Å²) in [4.78, 5) is 36.2. The monoisotopic (exact) mass is 529 g/mol. The summed E-state index contributed by atoms with van der Waals surface area (Å²) in [6.45, 7) is 8.28. The van der Waals surface area contributed by atoms with Crippen molar-refractivity contribution in [3.05, 3.63) is 93.5 Å². The number of halogens is 1. The lowest BCUT2D eigenvalue weighted by atomic mass is 9.85. The molecule has 1 aliphatic rings. The van der Waals surface area contributed by atoms with E-state index in [4.69, 9.17) is 16.3 Å². The normalized spacial score (nSPS) is 17.4. The molecule has 5 rings (SSSR count). The topological polar surface area (TPSA) is 95.5 Å². The van der Waals surface area contributed by atoms with Crippen LogP contribution in [0, 0.1) is 6.92 Å². The fourth-order valence-electron chi connectivity index (χ4n) is 4.77. The van der Waals surface area contributed by atoms with Crippen molar-refractivity contribution in [3.63, 3.8) is 0 Å². The number of carbonyl (C=O) groups excluding carboxylic acids is 2. The Labute approximate surface area is 225 Å². The molecule has 2 N–H and O–H groups in total. The lowest BCUT2D eigenvalue weighted by Gasteiger charge is -2.25. The third-order valence-corrected chi connectivity index (χ3v) is 7.04. The SMILES string of the molecule is COc1ccc(Cl)cc1/C(O)=C1\C(=O)C(=O)N(c2nc3ccc(C)cc3[nH]2)C1c1ccc(C(C)(C)C)cc1. The second-order valence-corrected chi connectivity index (χ2v) is 10.9. The first-order valence-corrected chi connectivity index (χ1v) is 12.6. The highest BCUT2D eigenvalue weighted by atomic mass is 35.5. The van der Waals surface area contributed by atoms with Crippen molar-refractivity contribution in [3.8, 4) is 5.75 Å². The van der Waals surface area contributed by atoms with Gasteiger partial charge in [0, 0.05) is 5.02 Å². The van der Waals surface area contributed by atoms with Crippen LogP contribution in [0.25, 0.3) is 16.8 Å². The predicted octanol–water partition coefficient (Wildman–Crippen LogP) is 6.46. The summed E-state index contributed by atoms with van der Waals surface area (Å²) in [5.74, 6) is -1.46. The van der Waals surface area contributed by atoms with Gasteiger partial charge < -0.3 is 14.8 Å². The predicted molar refractivity (Wildman–Crippen MR) is 149 cm³/mol. The minimum atomic E-state index is -0.936. The molecule has 0 bridgehead atoms. The number of imidazole rings is 1. The number of fused-ring (bicyclic) bond motifs is 1. The Kier molecular flexibility index (Phi) is 6.27. The van der Waals surface area contributed by atoms with Gasteiger partial charge in [-0.1, -0.05) is 62.7 Å². The van der Waals surface area contributed by atoms with Crippen LogP contribution in [0.3, 0.4) is 0 Å². The van der Waals surface area contributed by atoms with E-state index in [1.165, 1.54) is 18.1 Å². The molecule has 1 fully saturated rings. The van der Waals surface area contributed by atoms with Gasteiger partial charge in [0.15, 0.2) is 0 Å². The second-order valence-electron chi connectivity index (χ2n) is 10.5. The van der Waals surface area contributed by atoms with Crippen LogP contribution < -0.4 is 9.64 Å². The molecule has 3 aromatic carbocycles. The smallest absolute Gasteiger partial charge is 0.302 e. The third-order valence-electron chi connectivity index (χ3n) is 6.81. The molecule has 0 saturated carbocycles. The van der Waals surface area contributed by atoms with Crippen LogP contribution in [-0.4, -0.2) is 33.9 Å². The third kappa shape index (κ3) is 4.33. The number of H-pyrrole nitrogens is 1. The summed E-state index contributed by atoms with van der Waals surface area (Å²) in [6, 6.07) is 17.2. The Morgan fingerprint density at radius 3 is 2.42 bits per heavy atom. The Balaban J connectivity index is 1.75. The van der Waals surface area contributed by atoms with Gasteiger partial charge in [-0.15, -0.1) is 0 Å². The molecule has 1 unspecified atom stereocenters. The molecule has 0 radical (unpaired) electrons. The number of anilines is 1. The van der Waals surface area contributed by atoms with E-state index >= 15 is 0 Å². The summed E-state index contributed by atoms with van der Waals surface area (Å²) in [7, 11) is 1.46. The first-order chi connectivity index (χ1) is 18.0. The van der Waals surface area contributed by atoms with E-state index in [1.54, 1.807) is 12.1 Å². The molecule has 1 aliphatic heterocycles. The molecule has 0 spiro atoms. The zero-order chi connectivity index (χ0) is 27.4. The maximum Gasteiger partial charge on any atom is 0.302 e. The van der Waals surface area contributed by atoms with E-state index < -0.39 is 17.7 Å². The first kappa shape index (κ1) is 25.5.